The molecule has 0 atom stereocenters. The van der Waals surface area contributed by atoms with Crippen LogP contribution in [-0.2, 0) is 0 Å². The smallest absolute Gasteiger partial charge is 0.205 e. The predicted molar refractivity (Wildman–Crippen MR) is 141 cm³/mol. The molecule has 0 aliphatic heterocycles. The Bertz CT molecular complexity index is 1610. The monoisotopic (exact) mass is 510 g/mol. The van der Waals surface area contributed by atoms with Crippen LogP contribution in [0.15, 0.2) is 17.5 Å². The van der Waals surface area contributed by atoms with E-state index in [1.807, 2.05) is 23.6 Å². The zero-order valence-electron chi connectivity index (χ0n) is 18.1. The fourth-order valence-electron chi connectivity index (χ4n) is 4.50. The van der Waals surface area contributed by atoms with E-state index in [9.17, 15) is 9.59 Å². The number of hydrogen-bond acceptors (Lipinski definition) is 7. The predicted octanol–water partition coefficient (Wildman–Crippen LogP) is 8.80. The lowest BCUT2D eigenvalue weighted by Crippen LogP contribution is -2.17. The molecule has 0 bridgehead atoms. The summed E-state index contributed by atoms with van der Waals surface area (Å²) in [6.45, 7) is 10.5. The van der Waals surface area contributed by atoms with Gasteiger partial charge >= 0.3 is 0 Å². The van der Waals surface area contributed by atoms with Crippen LogP contribution in [0.1, 0.15) is 56.9 Å². The van der Waals surface area contributed by atoms with Gasteiger partial charge in [0.2, 0.25) is 11.6 Å². The van der Waals surface area contributed by atoms with Gasteiger partial charge in [0, 0.05) is 35.3 Å². The summed E-state index contributed by atoms with van der Waals surface area (Å²) in [5, 5.41) is 2.91. The molecule has 6 rings (SSSR count). The van der Waals surface area contributed by atoms with E-state index >= 15 is 0 Å². The van der Waals surface area contributed by atoms with E-state index in [4.69, 9.17) is 0 Å². The number of carbonyl (C=O) groups is 2. The van der Waals surface area contributed by atoms with Crippen LogP contribution in [0.3, 0.4) is 0 Å². The summed E-state index contributed by atoms with van der Waals surface area (Å²) >= 11 is 8.27. The molecule has 7 heteroatoms. The van der Waals surface area contributed by atoms with Crippen molar-refractivity contribution in [2.45, 2.75) is 34.6 Å². The molecule has 0 radical (unpaired) electrons. The zero-order valence-corrected chi connectivity index (χ0v) is 22.2. The lowest BCUT2D eigenvalue weighted by Gasteiger charge is -2.11. The highest BCUT2D eigenvalue weighted by atomic mass is 32.1. The Kier molecular flexibility index (Phi) is 4.56. The fraction of sp³-hybridized carbons (Fsp3) is 0.200. The van der Waals surface area contributed by atoms with E-state index in [2.05, 4.69) is 39.8 Å². The normalized spacial score (nSPS) is 13.3. The number of carbonyl (C=O) groups excluding carboxylic acids is 2. The van der Waals surface area contributed by atoms with Crippen molar-refractivity contribution < 1.29 is 9.59 Å². The quantitative estimate of drug-likeness (QED) is 0.233. The number of hydrogen-bond donors (Lipinski definition) is 0. The molecule has 0 N–H and O–H groups in total. The molecule has 2 nitrogen and oxygen atoms in total. The van der Waals surface area contributed by atoms with Gasteiger partial charge in [-0.15, -0.1) is 56.7 Å². The minimum atomic E-state index is 0.0104. The van der Waals surface area contributed by atoms with Crippen molar-refractivity contribution in [3.63, 3.8) is 0 Å². The van der Waals surface area contributed by atoms with Gasteiger partial charge in [-0.3, -0.25) is 9.59 Å². The molecule has 1 aliphatic rings. The molecule has 0 unspecified atom stereocenters. The summed E-state index contributed by atoms with van der Waals surface area (Å²) in [6.07, 6.45) is 0. The maximum absolute atomic E-state index is 13.6. The minimum absolute atomic E-state index is 0.0104. The second-order valence-electron chi connectivity index (χ2n) is 8.27. The van der Waals surface area contributed by atoms with Crippen LogP contribution in [0.2, 0.25) is 0 Å². The van der Waals surface area contributed by atoms with Crippen LogP contribution in [-0.4, -0.2) is 11.6 Å². The van der Waals surface area contributed by atoms with Gasteiger partial charge in [0.25, 0.3) is 0 Å². The van der Waals surface area contributed by atoms with Gasteiger partial charge in [0.1, 0.15) is 0 Å². The third-order valence-electron chi connectivity index (χ3n) is 5.94. The van der Waals surface area contributed by atoms with Crippen LogP contribution in [0.5, 0.6) is 0 Å². The third-order valence-corrected chi connectivity index (χ3v) is 12.3. The SMILES string of the molecule is Cc1cc(C)c(-c2sc(-c3sc(C)c4sc5c(c34)C(=O)c3scc(C)c3C5=O)cc2C)s1. The molecule has 0 amide bonds. The van der Waals surface area contributed by atoms with Gasteiger partial charge in [-0.05, 0) is 68.8 Å². The molecule has 0 spiro atoms. The van der Waals surface area contributed by atoms with Gasteiger partial charge in [0.05, 0.1) is 24.9 Å². The molecule has 0 fully saturated rings. The van der Waals surface area contributed by atoms with Crippen molar-refractivity contribution in [3.05, 3.63) is 64.8 Å². The number of thiophene rings is 5. The summed E-state index contributed by atoms with van der Waals surface area (Å²) in [4.78, 5) is 35.5. The molecule has 160 valence electrons. The summed E-state index contributed by atoms with van der Waals surface area (Å²) in [5.74, 6) is 0.0221. The van der Waals surface area contributed by atoms with Gasteiger partial charge < -0.3 is 0 Å². The summed E-state index contributed by atoms with van der Waals surface area (Å²) < 4.78 is 1.08. The van der Waals surface area contributed by atoms with E-state index in [0.717, 1.165) is 20.5 Å². The maximum Gasteiger partial charge on any atom is 0.205 e. The molecular formula is C25H18O2S5. The first-order valence-corrected chi connectivity index (χ1v) is 14.3. The Balaban J connectivity index is 1.59. The second kappa shape index (κ2) is 7.05. The third kappa shape index (κ3) is 2.72. The van der Waals surface area contributed by atoms with Crippen LogP contribution < -0.4 is 0 Å². The summed E-state index contributed by atoms with van der Waals surface area (Å²) in [5.41, 5.74) is 4.71. The molecule has 5 aromatic heterocycles. The maximum atomic E-state index is 13.6. The fourth-order valence-corrected chi connectivity index (χ4v) is 10.6. The highest BCUT2D eigenvalue weighted by molar-refractivity contribution is 7.30. The highest BCUT2D eigenvalue weighted by Crippen LogP contribution is 2.52. The highest BCUT2D eigenvalue weighted by Gasteiger charge is 2.37. The van der Waals surface area contributed by atoms with Crippen molar-refractivity contribution >= 4 is 78.3 Å². The van der Waals surface area contributed by atoms with Crippen LogP contribution in [0, 0.1) is 34.6 Å². The first-order valence-electron chi connectivity index (χ1n) is 10.2. The van der Waals surface area contributed by atoms with Crippen molar-refractivity contribution in [3.8, 4) is 19.5 Å². The molecule has 0 saturated carbocycles. The molecule has 5 heterocycles. The Morgan fingerprint density at radius 3 is 2.03 bits per heavy atom. The van der Waals surface area contributed by atoms with Gasteiger partial charge in [-0.25, -0.2) is 0 Å². The summed E-state index contributed by atoms with van der Waals surface area (Å²) in [7, 11) is 0. The average Bonchev–Trinajstić information content (AvgIpc) is 3.51. The Morgan fingerprint density at radius 2 is 1.31 bits per heavy atom. The van der Waals surface area contributed by atoms with E-state index in [-0.39, 0.29) is 11.6 Å². The molecule has 0 saturated heterocycles. The van der Waals surface area contributed by atoms with Crippen molar-refractivity contribution in [2.24, 2.45) is 0 Å². The Labute approximate surface area is 205 Å². The average molecular weight is 511 g/mol. The number of aryl methyl sites for hydroxylation is 5. The molecule has 5 aromatic rings. The zero-order chi connectivity index (χ0) is 22.5. The van der Waals surface area contributed by atoms with Crippen LogP contribution >= 0.6 is 56.7 Å². The largest absolute Gasteiger partial charge is 0.288 e. The molecule has 1 aliphatic carbocycles. The molecule has 0 aromatic carbocycles. The Morgan fingerprint density at radius 1 is 0.625 bits per heavy atom. The van der Waals surface area contributed by atoms with Crippen molar-refractivity contribution in [1.29, 1.82) is 0 Å². The number of rotatable bonds is 2. The summed E-state index contributed by atoms with van der Waals surface area (Å²) in [6, 6.07) is 4.49. The number of ketones is 2. The van der Waals surface area contributed by atoms with Crippen LogP contribution in [0.4, 0.5) is 0 Å². The lowest BCUT2D eigenvalue weighted by molar-refractivity contribution is 0.0986. The van der Waals surface area contributed by atoms with Crippen molar-refractivity contribution in [2.75, 3.05) is 0 Å². The Hall–Kier alpha value is -1.90. The lowest BCUT2D eigenvalue weighted by atomic mass is 9.91. The van der Waals surface area contributed by atoms with Gasteiger partial charge in [-0.1, -0.05) is 0 Å². The standard InChI is InChI=1S/C25H18O2S5/c1-9-6-12(4)29-20(9)21-10(2)7-14(31-21)23-17-16-19(27)24-15(11(3)8-28-24)18(26)25(16)32-22(17)13(5)30-23/h6-8H,1-5H3. The molecular weight excluding hydrogens is 493 g/mol. The first kappa shape index (κ1) is 20.7. The molecule has 32 heavy (non-hydrogen) atoms. The van der Waals surface area contributed by atoms with Crippen LogP contribution in [0.25, 0.3) is 29.6 Å². The minimum Gasteiger partial charge on any atom is -0.288 e. The second-order valence-corrected chi connectivity index (χ2v) is 13.7. The number of fused-ring (bicyclic) bond motifs is 4. The van der Waals surface area contributed by atoms with E-state index in [0.29, 0.717) is 20.9 Å². The van der Waals surface area contributed by atoms with Gasteiger partial charge in [0.15, 0.2) is 0 Å². The van der Waals surface area contributed by atoms with Crippen molar-refractivity contribution in [1.82, 2.24) is 0 Å². The van der Waals surface area contributed by atoms with E-state index in [1.54, 1.807) is 22.7 Å². The first-order chi connectivity index (χ1) is 15.3. The van der Waals surface area contributed by atoms with E-state index < -0.39 is 0 Å². The topological polar surface area (TPSA) is 34.1 Å². The van der Waals surface area contributed by atoms with E-state index in [1.165, 1.54) is 58.2 Å². The van der Waals surface area contributed by atoms with Gasteiger partial charge in [-0.2, -0.15) is 0 Å².